The summed E-state index contributed by atoms with van der Waals surface area (Å²) in [5.74, 6) is -0.410. The molecule has 0 aliphatic heterocycles. The fraction of sp³-hybridized carbons (Fsp3) is 0.0833. The molecule has 0 fully saturated rings. The molecule has 0 atom stereocenters. The smallest absolute Gasteiger partial charge is 0.310 e. The molecule has 98 valence electrons. The number of nitro groups is 1. The van der Waals surface area contributed by atoms with Gasteiger partial charge in [-0.3, -0.25) is 20.1 Å². The van der Waals surface area contributed by atoms with Gasteiger partial charge in [0.25, 0.3) is 5.69 Å². The van der Waals surface area contributed by atoms with Gasteiger partial charge in [0.15, 0.2) is 5.76 Å². The summed E-state index contributed by atoms with van der Waals surface area (Å²) in [5.41, 5.74) is 2.74. The molecule has 2 aromatic rings. The third-order valence-electron chi connectivity index (χ3n) is 2.62. The quantitative estimate of drug-likeness (QED) is 0.501. The van der Waals surface area contributed by atoms with E-state index in [2.05, 4.69) is 0 Å². The second kappa shape index (κ2) is 4.91. The van der Waals surface area contributed by atoms with Crippen LogP contribution in [0.15, 0.2) is 34.7 Å². The third kappa shape index (κ3) is 2.45. The summed E-state index contributed by atoms with van der Waals surface area (Å²) in [6.45, 7) is 1.71. The van der Waals surface area contributed by atoms with E-state index in [4.69, 9.17) is 9.62 Å². The molecule has 7 nitrogen and oxygen atoms in total. The zero-order chi connectivity index (χ0) is 14.0. The average molecular weight is 262 g/mol. The standard InChI is InChI=1S/C12H10N2O5/c1-7-6-8(14(17)18)2-3-9(7)10-4-5-11(19-10)12(15)13-16/h2-6,16H,1H3,(H,13,15). The monoisotopic (exact) mass is 262 g/mol. The van der Waals surface area contributed by atoms with E-state index in [1.165, 1.54) is 23.7 Å². The lowest BCUT2D eigenvalue weighted by atomic mass is 10.1. The van der Waals surface area contributed by atoms with Crippen molar-refractivity contribution >= 4 is 11.6 Å². The predicted molar refractivity (Wildman–Crippen MR) is 64.8 cm³/mol. The number of non-ortho nitro benzene ring substituents is 1. The molecule has 0 saturated carbocycles. The Balaban J connectivity index is 2.39. The number of amides is 1. The number of rotatable bonds is 3. The number of nitro benzene ring substituents is 1. The molecule has 2 rings (SSSR count). The van der Waals surface area contributed by atoms with Gasteiger partial charge in [0, 0.05) is 17.7 Å². The second-order valence-corrected chi connectivity index (χ2v) is 3.86. The van der Waals surface area contributed by atoms with Crippen LogP contribution in [0.3, 0.4) is 0 Å². The van der Waals surface area contributed by atoms with E-state index in [-0.39, 0.29) is 11.4 Å². The summed E-state index contributed by atoms with van der Waals surface area (Å²) in [7, 11) is 0. The Morgan fingerprint density at radius 1 is 1.37 bits per heavy atom. The first-order valence-electron chi connectivity index (χ1n) is 5.32. The van der Waals surface area contributed by atoms with E-state index < -0.39 is 10.8 Å². The largest absolute Gasteiger partial charge is 0.451 e. The minimum absolute atomic E-state index is 0.0128. The highest BCUT2D eigenvalue weighted by molar-refractivity contribution is 5.91. The van der Waals surface area contributed by atoms with Crippen LogP contribution in [0, 0.1) is 17.0 Å². The third-order valence-corrected chi connectivity index (χ3v) is 2.62. The number of hydroxylamine groups is 1. The topological polar surface area (TPSA) is 106 Å². The molecule has 2 N–H and O–H groups in total. The van der Waals surface area contributed by atoms with Crippen LogP contribution in [0.1, 0.15) is 16.1 Å². The van der Waals surface area contributed by atoms with Crippen molar-refractivity contribution in [2.24, 2.45) is 0 Å². The molecular formula is C12H10N2O5. The first kappa shape index (κ1) is 12.8. The summed E-state index contributed by atoms with van der Waals surface area (Å²) >= 11 is 0. The number of carbonyl (C=O) groups is 1. The van der Waals surface area contributed by atoms with Gasteiger partial charge in [-0.2, -0.15) is 0 Å². The molecule has 0 unspecified atom stereocenters. The molecule has 7 heteroatoms. The van der Waals surface area contributed by atoms with Gasteiger partial charge in [0.05, 0.1) is 4.92 Å². The van der Waals surface area contributed by atoms with Crippen molar-refractivity contribution in [2.75, 3.05) is 0 Å². The lowest BCUT2D eigenvalue weighted by Crippen LogP contribution is -2.17. The summed E-state index contributed by atoms with van der Waals surface area (Å²) in [6, 6.07) is 7.29. The molecule has 0 aliphatic carbocycles. The van der Waals surface area contributed by atoms with E-state index in [1.807, 2.05) is 0 Å². The Labute approximate surface area is 107 Å². The van der Waals surface area contributed by atoms with Gasteiger partial charge in [0.1, 0.15) is 5.76 Å². The fourth-order valence-corrected chi connectivity index (χ4v) is 1.70. The molecule has 1 amide bonds. The first-order chi connectivity index (χ1) is 9.02. The maximum absolute atomic E-state index is 11.1. The van der Waals surface area contributed by atoms with E-state index in [0.29, 0.717) is 16.9 Å². The van der Waals surface area contributed by atoms with Crippen molar-refractivity contribution in [3.05, 3.63) is 51.8 Å². The van der Waals surface area contributed by atoms with Crippen LogP contribution in [0.2, 0.25) is 0 Å². The summed E-state index contributed by atoms with van der Waals surface area (Å²) < 4.78 is 5.26. The summed E-state index contributed by atoms with van der Waals surface area (Å²) in [5, 5.41) is 19.1. The number of benzene rings is 1. The van der Waals surface area contributed by atoms with Crippen LogP contribution < -0.4 is 5.48 Å². The van der Waals surface area contributed by atoms with E-state index in [0.717, 1.165) is 0 Å². The molecule has 1 aromatic heterocycles. The molecule has 0 saturated heterocycles. The van der Waals surface area contributed by atoms with E-state index in [9.17, 15) is 14.9 Å². The minimum Gasteiger partial charge on any atom is -0.451 e. The number of nitrogens with one attached hydrogen (secondary N) is 1. The van der Waals surface area contributed by atoms with Crippen LogP contribution in [-0.4, -0.2) is 16.0 Å². The number of aryl methyl sites for hydroxylation is 1. The summed E-state index contributed by atoms with van der Waals surface area (Å²) in [6.07, 6.45) is 0. The van der Waals surface area contributed by atoms with Gasteiger partial charge in [0.2, 0.25) is 0 Å². The van der Waals surface area contributed by atoms with Gasteiger partial charge < -0.3 is 4.42 Å². The van der Waals surface area contributed by atoms with Crippen LogP contribution in [-0.2, 0) is 0 Å². The fourth-order valence-electron chi connectivity index (χ4n) is 1.70. The Bertz CT molecular complexity index is 647. The molecule has 19 heavy (non-hydrogen) atoms. The highest BCUT2D eigenvalue weighted by Gasteiger charge is 2.14. The van der Waals surface area contributed by atoms with Crippen LogP contribution >= 0.6 is 0 Å². The first-order valence-corrected chi connectivity index (χ1v) is 5.32. The number of nitrogens with zero attached hydrogens (tertiary/aromatic N) is 1. The van der Waals surface area contributed by atoms with Gasteiger partial charge in [-0.15, -0.1) is 0 Å². The highest BCUT2D eigenvalue weighted by Crippen LogP contribution is 2.28. The lowest BCUT2D eigenvalue weighted by molar-refractivity contribution is -0.384. The molecule has 0 radical (unpaired) electrons. The Hall–Kier alpha value is -2.67. The van der Waals surface area contributed by atoms with Crippen molar-refractivity contribution in [2.45, 2.75) is 6.92 Å². The zero-order valence-electron chi connectivity index (χ0n) is 9.91. The van der Waals surface area contributed by atoms with Gasteiger partial charge in [-0.1, -0.05) is 0 Å². The van der Waals surface area contributed by atoms with E-state index in [1.54, 1.807) is 19.1 Å². The number of furan rings is 1. The van der Waals surface area contributed by atoms with Crippen molar-refractivity contribution in [1.82, 2.24) is 5.48 Å². The Kier molecular flexibility index (Phi) is 3.30. The van der Waals surface area contributed by atoms with Crippen LogP contribution in [0.25, 0.3) is 11.3 Å². The molecular weight excluding hydrogens is 252 g/mol. The van der Waals surface area contributed by atoms with Crippen molar-refractivity contribution < 1.29 is 19.3 Å². The van der Waals surface area contributed by atoms with Crippen LogP contribution in [0.5, 0.6) is 0 Å². The van der Waals surface area contributed by atoms with Crippen molar-refractivity contribution in [3.8, 4) is 11.3 Å². The van der Waals surface area contributed by atoms with Gasteiger partial charge in [-0.25, -0.2) is 5.48 Å². The molecule has 1 aromatic carbocycles. The molecule has 0 aliphatic rings. The summed E-state index contributed by atoms with van der Waals surface area (Å²) in [4.78, 5) is 21.3. The average Bonchev–Trinajstić information content (AvgIpc) is 2.87. The minimum atomic E-state index is -0.759. The normalized spacial score (nSPS) is 10.2. The molecule has 0 spiro atoms. The molecule has 0 bridgehead atoms. The number of hydrogen-bond acceptors (Lipinski definition) is 5. The van der Waals surface area contributed by atoms with Crippen molar-refractivity contribution in [1.29, 1.82) is 0 Å². The van der Waals surface area contributed by atoms with Gasteiger partial charge >= 0.3 is 5.91 Å². The maximum atomic E-state index is 11.1. The Morgan fingerprint density at radius 3 is 2.68 bits per heavy atom. The Morgan fingerprint density at radius 2 is 2.11 bits per heavy atom. The van der Waals surface area contributed by atoms with E-state index >= 15 is 0 Å². The predicted octanol–water partition coefficient (Wildman–Crippen LogP) is 2.28. The highest BCUT2D eigenvalue weighted by atomic mass is 16.6. The van der Waals surface area contributed by atoms with Crippen LogP contribution in [0.4, 0.5) is 5.69 Å². The SMILES string of the molecule is Cc1cc([N+](=O)[O-])ccc1-c1ccc(C(=O)NO)o1. The number of hydrogen-bond donors (Lipinski definition) is 2. The number of carbonyl (C=O) groups excluding carboxylic acids is 1. The zero-order valence-corrected chi connectivity index (χ0v) is 9.91. The molecule has 1 heterocycles. The van der Waals surface area contributed by atoms with Gasteiger partial charge in [-0.05, 0) is 30.7 Å². The lowest BCUT2D eigenvalue weighted by Gasteiger charge is -2.02. The second-order valence-electron chi connectivity index (χ2n) is 3.86. The maximum Gasteiger partial charge on any atom is 0.310 e. The van der Waals surface area contributed by atoms with Crippen molar-refractivity contribution in [3.63, 3.8) is 0 Å².